The van der Waals surface area contributed by atoms with E-state index in [1.165, 1.54) is 6.26 Å². The summed E-state index contributed by atoms with van der Waals surface area (Å²) in [5.74, 6) is 0.455. The van der Waals surface area contributed by atoms with E-state index in [4.69, 9.17) is 4.74 Å². The van der Waals surface area contributed by atoms with Gasteiger partial charge in [-0.3, -0.25) is 4.79 Å². The van der Waals surface area contributed by atoms with Gasteiger partial charge in [0.25, 0.3) is 0 Å². The average molecular weight is 395 g/mol. The lowest BCUT2D eigenvalue weighted by Crippen LogP contribution is -2.58. The van der Waals surface area contributed by atoms with E-state index >= 15 is 0 Å². The van der Waals surface area contributed by atoms with Crippen LogP contribution in [0.4, 0.5) is 0 Å². The molecule has 1 aliphatic carbocycles. The topological polar surface area (TPSA) is 84.5 Å². The molecule has 0 atom stereocenters. The molecule has 2 aliphatic rings. The van der Waals surface area contributed by atoms with Gasteiger partial charge in [-0.2, -0.15) is 0 Å². The summed E-state index contributed by atoms with van der Waals surface area (Å²) >= 11 is 0. The van der Waals surface area contributed by atoms with E-state index in [-0.39, 0.29) is 11.3 Å². The summed E-state index contributed by atoms with van der Waals surface area (Å²) in [4.78, 5) is 13.1. The molecule has 1 aromatic carbocycles. The highest BCUT2D eigenvalue weighted by atomic mass is 32.2. The van der Waals surface area contributed by atoms with Gasteiger partial charge in [0.2, 0.25) is 5.91 Å². The molecule has 1 saturated heterocycles. The zero-order chi connectivity index (χ0) is 19.5. The quantitative estimate of drug-likeness (QED) is 0.768. The van der Waals surface area contributed by atoms with Gasteiger partial charge in [0.15, 0.2) is 14.6 Å². The second-order valence-electron chi connectivity index (χ2n) is 7.92. The van der Waals surface area contributed by atoms with Crippen LogP contribution < -0.4 is 15.4 Å². The first-order chi connectivity index (χ1) is 12.8. The van der Waals surface area contributed by atoms with Crippen LogP contribution >= 0.6 is 0 Å². The van der Waals surface area contributed by atoms with Crippen LogP contribution in [0.2, 0.25) is 0 Å². The van der Waals surface area contributed by atoms with E-state index in [0.29, 0.717) is 32.5 Å². The molecule has 0 aromatic heterocycles. The minimum Gasteiger partial charge on any atom is -0.497 e. The Morgan fingerprint density at radius 2 is 1.85 bits per heavy atom. The Hall–Kier alpha value is -1.60. The van der Waals surface area contributed by atoms with E-state index in [2.05, 4.69) is 16.7 Å². The maximum Gasteiger partial charge on any atom is 0.241 e. The number of benzene rings is 1. The predicted molar refractivity (Wildman–Crippen MR) is 106 cm³/mol. The summed E-state index contributed by atoms with van der Waals surface area (Å²) in [5.41, 5.74) is 0.994. The SMILES string of the molecule is COc1cccc(C2(CNC(=O)C3(S(C)(=O)=O)CCNCC3)CCCC2)c1. The molecule has 0 radical (unpaired) electrons. The van der Waals surface area contributed by atoms with Crippen LogP contribution in [-0.4, -0.2) is 52.1 Å². The van der Waals surface area contributed by atoms with Crippen LogP contribution in [0.5, 0.6) is 5.75 Å². The molecule has 1 aliphatic heterocycles. The highest BCUT2D eigenvalue weighted by Gasteiger charge is 2.49. The van der Waals surface area contributed by atoms with Gasteiger partial charge in [-0.05, 0) is 56.5 Å². The molecule has 6 nitrogen and oxygen atoms in total. The van der Waals surface area contributed by atoms with Gasteiger partial charge in [-0.15, -0.1) is 0 Å². The molecule has 1 aromatic rings. The largest absolute Gasteiger partial charge is 0.497 e. The van der Waals surface area contributed by atoms with Crippen LogP contribution in [0.3, 0.4) is 0 Å². The van der Waals surface area contributed by atoms with Crippen molar-refractivity contribution in [3.05, 3.63) is 29.8 Å². The second kappa shape index (κ2) is 7.80. The third kappa shape index (κ3) is 3.85. The smallest absolute Gasteiger partial charge is 0.241 e. The maximum absolute atomic E-state index is 13.1. The number of piperidine rings is 1. The van der Waals surface area contributed by atoms with Gasteiger partial charge in [0.05, 0.1) is 7.11 Å². The van der Waals surface area contributed by atoms with E-state index in [1.807, 2.05) is 18.2 Å². The van der Waals surface area contributed by atoms with Gasteiger partial charge >= 0.3 is 0 Å². The van der Waals surface area contributed by atoms with Crippen LogP contribution in [-0.2, 0) is 20.0 Å². The summed E-state index contributed by atoms with van der Waals surface area (Å²) < 4.78 is 29.0. The minimum absolute atomic E-state index is 0.157. The third-order valence-corrected chi connectivity index (χ3v) is 8.38. The van der Waals surface area contributed by atoms with Crippen molar-refractivity contribution in [3.8, 4) is 5.75 Å². The summed E-state index contributed by atoms with van der Waals surface area (Å²) in [5, 5.41) is 6.18. The lowest BCUT2D eigenvalue weighted by atomic mass is 9.78. The molecular formula is C20H30N2O4S. The highest BCUT2D eigenvalue weighted by molar-refractivity contribution is 7.92. The number of rotatable bonds is 6. The van der Waals surface area contributed by atoms with Crippen molar-refractivity contribution >= 4 is 15.7 Å². The highest BCUT2D eigenvalue weighted by Crippen LogP contribution is 2.42. The Kier molecular flexibility index (Phi) is 5.82. The molecule has 0 bridgehead atoms. The lowest BCUT2D eigenvalue weighted by Gasteiger charge is -2.36. The van der Waals surface area contributed by atoms with Crippen LogP contribution in [0.15, 0.2) is 24.3 Å². The number of sulfone groups is 1. The molecule has 7 heteroatoms. The number of methoxy groups -OCH3 is 1. The molecule has 27 heavy (non-hydrogen) atoms. The normalized spacial score (nSPS) is 21.6. The first kappa shape index (κ1) is 20.1. The van der Waals surface area contributed by atoms with Crippen molar-refractivity contribution in [1.82, 2.24) is 10.6 Å². The molecule has 2 N–H and O–H groups in total. The van der Waals surface area contributed by atoms with Crippen LogP contribution in [0, 0.1) is 0 Å². The Labute approximate surface area is 162 Å². The summed E-state index contributed by atoms with van der Waals surface area (Å²) in [7, 11) is -1.85. The molecule has 1 amide bonds. The zero-order valence-electron chi connectivity index (χ0n) is 16.2. The van der Waals surface area contributed by atoms with Crippen molar-refractivity contribution in [2.45, 2.75) is 48.7 Å². The van der Waals surface area contributed by atoms with Crippen molar-refractivity contribution in [2.75, 3.05) is 33.0 Å². The molecular weight excluding hydrogens is 364 g/mol. The summed E-state index contributed by atoms with van der Waals surface area (Å²) in [6.45, 7) is 1.55. The molecule has 150 valence electrons. The summed E-state index contributed by atoms with van der Waals surface area (Å²) in [6.07, 6.45) is 6.00. The molecule has 0 unspecified atom stereocenters. The molecule has 0 spiro atoms. The fourth-order valence-electron chi connectivity index (χ4n) is 4.58. The fourth-order valence-corrected chi connectivity index (χ4v) is 5.93. The number of carbonyl (C=O) groups is 1. The van der Waals surface area contributed by atoms with Crippen LogP contribution in [0.1, 0.15) is 44.1 Å². The Bertz CT molecular complexity index is 779. The van der Waals surface area contributed by atoms with Crippen molar-refractivity contribution < 1.29 is 17.9 Å². The predicted octanol–water partition coefficient (Wildman–Crippen LogP) is 1.79. The number of hydrogen-bond acceptors (Lipinski definition) is 5. The zero-order valence-corrected chi connectivity index (χ0v) is 17.0. The number of carbonyl (C=O) groups excluding carboxylic acids is 1. The molecule has 3 rings (SSSR count). The standard InChI is InChI=1S/C20H30N2O4S/c1-26-17-7-5-6-16(14-17)19(8-3-4-9-19)15-22-18(23)20(27(2,24)25)10-12-21-13-11-20/h5-7,14,21H,3-4,8-13,15H2,1-2H3,(H,22,23). The first-order valence-electron chi connectivity index (χ1n) is 9.66. The van der Waals surface area contributed by atoms with Crippen LogP contribution in [0.25, 0.3) is 0 Å². The van der Waals surface area contributed by atoms with Crippen molar-refractivity contribution in [3.63, 3.8) is 0 Å². The molecule has 1 saturated carbocycles. The Morgan fingerprint density at radius 1 is 1.19 bits per heavy atom. The van der Waals surface area contributed by atoms with E-state index in [1.54, 1.807) is 7.11 Å². The number of ether oxygens (including phenoxy) is 1. The molecule has 1 heterocycles. The fraction of sp³-hybridized carbons (Fsp3) is 0.650. The molecule has 2 fully saturated rings. The van der Waals surface area contributed by atoms with Gasteiger partial charge < -0.3 is 15.4 Å². The average Bonchev–Trinajstić information content (AvgIpc) is 3.16. The minimum atomic E-state index is -3.50. The second-order valence-corrected chi connectivity index (χ2v) is 10.2. The number of hydrogen-bond donors (Lipinski definition) is 2. The van der Waals surface area contributed by atoms with Gasteiger partial charge in [0, 0.05) is 18.2 Å². The Morgan fingerprint density at radius 3 is 2.44 bits per heavy atom. The number of amides is 1. The van der Waals surface area contributed by atoms with Crippen molar-refractivity contribution in [2.24, 2.45) is 0 Å². The van der Waals surface area contributed by atoms with Gasteiger partial charge in [-0.1, -0.05) is 25.0 Å². The van der Waals surface area contributed by atoms with Gasteiger partial charge in [-0.25, -0.2) is 8.42 Å². The first-order valence-corrected chi connectivity index (χ1v) is 11.6. The van der Waals surface area contributed by atoms with Crippen molar-refractivity contribution in [1.29, 1.82) is 0 Å². The third-order valence-electron chi connectivity index (χ3n) is 6.36. The van der Waals surface area contributed by atoms with E-state index < -0.39 is 14.6 Å². The number of nitrogens with one attached hydrogen (secondary N) is 2. The van der Waals surface area contributed by atoms with E-state index in [9.17, 15) is 13.2 Å². The maximum atomic E-state index is 13.1. The lowest BCUT2D eigenvalue weighted by molar-refractivity contribution is -0.124. The monoisotopic (exact) mass is 394 g/mol. The Balaban J connectivity index is 1.82. The van der Waals surface area contributed by atoms with Gasteiger partial charge in [0.1, 0.15) is 5.75 Å². The van der Waals surface area contributed by atoms with E-state index in [0.717, 1.165) is 37.0 Å². The summed E-state index contributed by atoms with van der Waals surface area (Å²) in [6, 6.07) is 8.00.